The Hall–Kier alpha value is -3.35. The van der Waals surface area contributed by atoms with Crippen LogP contribution in [0.15, 0.2) is 53.5 Å². The summed E-state index contributed by atoms with van der Waals surface area (Å²) in [5.41, 5.74) is 11.6. The molecular weight excluding hydrogens is 367 g/mol. The molecule has 0 aromatic heterocycles. The second kappa shape index (κ2) is 7.72. The number of hydrogen-bond acceptors (Lipinski definition) is 1. The van der Waals surface area contributed by atoms with Gasteiger partial charge in [-0.15, -0.1) is 0 Å². The van der Waals surface area contributed by atoms with Gasteiger partial charge in [0, 0.05) is 22.8 Å². The van der Waals surface area contributed by atoms with E-state index in [2.05, 4.69) is 4.99 Å². The van der Waals surface area contributed by atoms with Crippen molar-refractivity contribution in [3.8, 4) is 0 Å². The topological polar surface area (TPSA) is 81.5 Å². The van der Waals surface area contributed by atoms with Crippen molar-refractivity contribution in [2.45, 2.75) is 13.3 Å². The Morgan fingerprint density at radius 1 is 1.00 bits per heavy atom. The minimum atomic E-state index is -0.782. The number of carbonyl (C=O) groups excluding carboxylic acids is 1. The van der Waals surface area contributed by atoms with Crippen LogP contribution in [0, 0.1) is 17.6 Å². The lowest BCUT2D eigenvalue weighted by atomic mass is 9.91. The summed E-state index contributed by atoms with van der Waals surface area (Å²) in [5, 5.41) is 0. The lowest BCUT2D eigenvalue weighted by molar-refractivity contribution is 0.100. The number of hydrogen-bond donors (Lipinski definition) is 2. The largest absolute Gasteiger partial charge is 0.370 e. The molecule has 0 radical (unpaired) electrons. The first-order valence-corrected chi connectivity index (χ1v) is 8.63. The van der Waals surface area contributed by atoms with Crippen molar-refractivity contribution in [3.63, 3.8) is 0 Å². The normalized spacial score (nSPS) is 15.8. The Bertz CT molecular complexity index is 1040. The third-order valence-corrected chi connectivity index (χ3v) is 4.48. The number of guanidine groups is 1. The third-order valence-electron chi connectivity index (χ3n) is 4.48. The van der Waals surface area contributed by atoms with Gasteiger partial charge in [0.25, 0.3) is 5.91 Å². The quantitative estimate of drug-likeness (QED) is 0.615. The second-order valence-corrected chi connectivity index (χ2v) is 6.39. The zero-order chi connectivity index (χ0) is 20.4. The Morgan fingerprint density at radius 2 is 1.71 bits per heavy atom. The molecule has 2 aromatic rings. The fraction of sp³-hybridized carbons (Fsp3) is 0.143. The average Bonchev–Trinajstić information content (AvgIpc) is 2.77. The van der Waals surface area contributed by atoms with E-state index in [1.807, 2.05) is 6.92 Å². The summed E-state index contributed by atoms with van der Waals surface area (Å²) in [4.78, 5) is 15.7. The van der Waals surface area contributed by atoms with Crippen LogP contribution in [0.3, 0.4) is 0 Å². The molecule has 3 rings (SSSR count). The van der Waals surface area contributed by atoms with Crippen molar-refractivity contribution < 1.29 is 18.0 Å². The molecule has 0 unspecified atom stereocenters. The first-order valence-electron chi connectivity index (χ1n) is 8.63. The molecule has 0 saturated carbocycles. The Morgan fingerprint density at radius 3 is 2.36 bits per heavy atom. The number of allylic oxidation sites excluding steroid dienone is 2. The van der Waals surface area contributed by atoms with Crippen LogP contribution < -0.4 is 11.5 Å². The maximum absolute atomic E-state index is 14.8. The van der Waals surface area contributed by atoms with Crippen molar-refractivity contribution in [3.05, 3.63) is 82.4 Å². The standard InChI is InChI=1S/C21H18F3N3O/c1-2-11-7-16(15-6-4-13(22)10-19(15)24)17-9-12(20(28)27-21(25)26)3-5-14(17)18(23)8-11/h3-11H,2H2,1H3,(H4,25,26,27,28)/t11-/m0/s1. The number of benzene rings is 2. The van der Waals surface area contributed by atoms with E-state index in [0.717, 1.165) is 12.1 Å². The predicted octanol–water partition coefficient (Wildman–Crippen LogP) is 4.16. The van der Waals surface area contributed by atoms with Crippen molar-refractivity contribution in [1.82, 2.24) is 0 Å². The van der Waals surface area contributed by atoms with Gasteiger partial charge in [0.2, 0.25) is 0 Å². The summed E-state index contributed by atoms with van der Waals surface area (Å²) in [6.07, 6.45) is 3.72. The Balaban J connectivity index is 2.25. The van der Waals surface area contributed by atoms with Crippen molar-refractivity contribution in [2.75, 3.05) is 0 Å². The first kappa shape index (κ1) is 19.4. The number of nitrogens with two attached hydrogens (primary N) is 2. The Labute approximate surface area is 160 Å². The minimum absolute atomic E-state index is 0.107. The molecule has 0 bridgehead atoms. The molecule has 1 atom stereocenters. The molecular formula is C21H18F3N3O. The van der Waals surface area contributed by atoms with Gasteiger partial charge in [-0.2, -0.15) is 4.99 Å². The number of carbonyl (C=O) groups is 1. The van der Waals surface area contributed by atoms with Crippen LogP contribution in [0.1, 0.15) is 40.4 Å². The smallest absolute Gasteiger partial charge is 0.280 e. The van der Waals surface area contributed by atoms with Gasteiger partial charge in [0.05, 0.1) is 0 Å². The summed E-state index contributed by atoms with van der Waals surface area (Å²) in [5.74, 6) is -3.40. The van der Waals surface area contributed by atoms with Crippen LogP contribution >= 0.6 is 0 Å². The van der Waals surface area contributed by atoms with E-state index in [1.165, 1.54) is 30.3 Å². The number of nitrogens with zero attached hydrogens (tertiary/aromatic N) is 1. The van der Waals surface area contributed by atoms with Crippen LogP contribution in [-0.4, -0.2) is 11.9 Å². The van der Waals surface area contributed by atoms with Gasteiger partial charge in [0.1, 0.15) is 17.5 Å². The lowest BCUT2D eigenvalue weighted by Crippen LogP contribution is -2.24. The first-order chi connectivity index (χ1) is 13.3. The van der Waals surface area contributed by atoms with Gasteiger partial charge in [-0.05, 0) is 53.8 Å². The highest BCUT2D eigenvalue weighted by molar-refractivity contribution is 6.03. The molecule has 4 nitrogen and oxygen atoms in total. The van der Waals surface area contributed by atoms with E-state index in [4.69, 9.17) is 11.5 Å². The molecule has 2 aromatic carbocycles. The van der Waals surface area contributed by atoms with Gasteiger partial charge in [0.15, 0.2) is 5.96 Å². The van der Waals surface area contributed by atoms with Gasteiger partial charge in [-0.3, -0.25) is 4.79 Å². The summed E-state index contributed by atoms with van der Waals surface area (Å²) in [6.45, 7) is 1.87. The van der Waals surface area contributed by atoms with Crippen LogP contribution in [-0.2, 0) is 0 Å². The SMILES string of the molecule is CC[C@@H]1C=C(F)c2ccc(C(=O)N=C(N)N)cc2C(c2ccc(F)cc2F)=C1. The second-order valence-electron chi connectivity index (χ2n) is 6.39. The van der Waals surface area contributed by atoms with Crippen LogP contribution in [0.25, 0.3) is 11.4 Å². The molecule has 28 heavy (non-hydrogen) atoms. The fourth-order valence-electron chi connectivity index (χ4n) is 3.10. The molecule has 0 spiro atoms. The maximum Gasteiger partial charge on any atom is 0.280 e. The number of aliphatic imine (C=N–C) groups is 1. The maximum atomic E-state index is 14.8. The molecule has 1 aliphatic rings. The predicted molar refractivity (Wildman–Crippen MR) is 103 cm³/mol. The number of fused-ring (bicyclic) bond motifs is 1. The highest BCUT2D eigenvalue weighted by Gasteiger charge is 2.23. The minimum Gasteiger partial charge on any atom is -0.370 e. The van der Waals surface area contributed by atoms with Crippen molar-refractivity contribution >= 4 is 23.3 Å². The molecule has 0 fully saturated rings. The van der Waals surface area contributed by atoms with Crippen LogP contribution in [0.5, 0.6) is 0 Å². The highest BCUT2D eigenvalue weighted by Crippen LogP contribution is 2.38. The van der Waals surface area contributed by atoms with E-state index in [-0.39, 0.29) is 22.6 Å². The van der Waals surface area contributed by atoms with Crippen LogP contribution in [0.4, 0.5) is 13.2 Å². The fourth-order valence-corrected chi connectivity index (χ4v) is 3.10. The third kappa shape index (κ3) is 3.83. The molecule has 1 aliphatic carbocycles. The van der Waals surface area contributed by atoms with Gasteiger partial charge < -0.3 is 11.5 Å². The summed E-state index contributed by atoms with van der Waals surface area (Å²) in [7, 11) is 0. The van der Waals surface area contributed by atoms with Crippen LogP contribution in [0.2, 0.25) is 0 Å². The summed E-state index contributed by atoms with van der Waals surface area (Å²) >= 11 is 0. The molecule has 7 heteroatoms. The van der Waals surface area contributed by atoms with Crippen molar-refractivity contribution in [2.24, 2.45) is 22.4 Å². The van der Waals surface area contributed by atoms with E-state index in [1.54, 1.807) is 6.08 Å². The monoisotopic (exact) mass is 385 g/mol. The highest BCUT2D eigenvalue weighted by atomic mass is 19.1. The lowest BCUT2D eigenvalue weighted by Gasteiger charge is -2.14. The molecule has 0 saturated heterocycles. The molecule has 0 heterocycles. The van der Waals surface area contributed by atoms with Gasteiger partial charge in [-0.1, -0.05) is 19.1 Å². The zero-order valence-electron chi connectivity index (χ0n) is 15.0. The van der Waals surface area contributed by atoms with E-state index in [0.29, 0.717) is 17.6 Å². The number of halogens is 3. The molecule has 144 valence electrons. The summed E-state index contributed by atoms with van der Waals surface area (Å²) in [6, 6.07) is 7.41. The average molecular weight is 385 g/mol. The van der Waals surface area contributed by atoms with E-state index in [9.17, 15) is 18.0 Å². The van der Waals surface area contributed by atoms with Gasteiger partial charge in [-0.25, -0.2) is 13.2 Å². The van der Waals surface area contributed by atoms with E-state index < -0.39 is 29.3 Å². The zero-order valence-corrected chi connectivity index (χ0v) is 15.0. The molecule has 4 N–H and O–H groups in total. The van der Waals surface area contributed by atoms with Gasteiger partial charge >= 0.3 is 0 Å². The molecule has 1 amide bonds. The summed E-state index contributed by atoms with van der Waals surface area (Å²) < 4.78 is 42.7. The molecule has 0 aliphatic heterocycles. The Kier molecular flexibility index (Phi) is 5.35. The number of rotatable bonds is 3. The van der Waals surface area contributed by atoms with Crippen molar-refractivity contribution in [1.29, 1.82) is 0 Å². The van der Waals surface area contributed by atoms with E-state index >= 15 is 0 Å². The number of amides is 1.